The fraction of sp³-hybridized carbons (Fsp3) is 0.333. The number of benzene rings is 1. The third-order valence-corrected chi connectivity index (χ3v) is 4.37. The molecule has 0 aliphatic rings. The van der Waals surface area contributed by atoms with Crippen molar-refractivity contribution in [3.63, 3.8) is 0 Å². The first-order chi connectivity index (χ1) is 9.86. The SMILES string of the molecule is CC(CCc1ccco1)Nc1ccc(S(C)(=O)=O)cc1N. The van der Waals surface area contributed by atoms with E-state index in [9.17, 15) is 8.42 Å². The molecule has 0 saturated heterocycles. The van der Waals surface area contributed by atoms with E-state index in [0.717, 1.165) is 24.3 Å². The zero-order valence-corrected chi connectivity index (χ0v) is 13.0. The number of aryl methyl sites for hydroxylation is 1. The fourth-order valence-electron chi connectivity index (χ4n) is 2.05. The highest BCUT2D eigenvalue weighted by Gasteiger charge is 2.11. The topological polar surface area (TPSA) is 85.3 Å². The maximum atomic E-state index is 11.5. The fourth-order valence-corrected chi connectivity index (χ4v) is 2.71. The van der Waals surface area contributed by atoms with Crippen LogP contribution in [0.3, 0.4) is 0 Å². The molecule has 1 unspecified atom stereocenters. The van der Waals surface area contributed by atoms with Crippen LogP contribution in [0.2, 0.25) is 0 Å². The number of sulfone groups is 1. The molecule has 0 aliphatic carbocycles. The van der Waals surface area contributed by atoms with Gasteiger partial charge in [-0.05, 0) is 43.7 Å². The average Bonchev–Trinajstić information content (AvgIpc) is 2.91. The molecule has 5 nitrogen and oxygen atoms in total. The molecular formula is C15H20N2O3S. The van der Waals surface area contributed by atoms with E-state index in [4.69, 9.17) is 10.2 Å². The normalized spacial score (nSPS) is 13.0. The highest BCUT2D eigenvalue weighted by Crippen LogP contribution is 2.24. The largest absolute Gasteiger partial charge is 0.469 e. The quantitative estimate of drug-likeness (QED) is 0.801. The van der Waals surface area contributed by atoms with Gasteiger partial charge in [0.1, 0.15) is 5.76 Å². The van der Waals surface area contributed by atoms with E-state index in [1.54, 1.807) is 18.4 Å². The third-order valence-electron chi connectivity index (χ3n) is 3.26. The van der Waals surface area contributed by atoms with Crippen molar-refractivity contribution >= 4 is 21.2 Å². The van der Waals surface area contributed by atoms with Gasteiger partial charge in [-0.2, -0.15) is 0 Å². The molecule has 114 valence electrons. The van der Waals surface area contributed by atoms with Gasteiger partial charge in [0.25, 0.3) is 0 Å². The molecule has 3 N–H and O–H groups in total. The maximum Gasteiger partial charge on any atom is 0.175 e. The number of nitrogens with two attached hydrogens (primary N) is 1. The second-order valence-corrected chi connectivity index (χ2v) is 7.20. The molecule has 0 fully saturated rings. The average molecular weight is 308 g/mol. The van der Waals surface area contributed by atoms with Gasteiger partial charge in [-0.25, -0.2) is 8.42 Å². The Balaban J connectivity index is 1.99. The number of furan rings is 1. The predicted octanol–water partition coefficient (Wildman–Crippen LogP) is 2.70. The number of nitrogens with one attached hydrogen (secondary N) is 1. The highest BCUT2D eigenvalue weighted by molar-refractivity contribution is 7.90. The standard InChI is InChI=1S/C15H20N2O3S/c1-11(5-6-12-4-3-9-20-12)17-15-8-7-13(10-14(15)16)21(2,18)19/h3-4,7-11,17H,5-6,16H2,1-2H3. The van der Waals surface area contributed by atoms with Crippen molar-refractivity contribution in [1.82, 2.24) is 0 Å². The summed E-state index contributed by atoms with van der Waals surface area (Å²) in [6.45, 7) is 2.05. The van der Waals surface area contributed by atoms with Gasteiger partial charge in [0.15, 0.2) is 9.84 Å². The molecule has 1 heterocycles. The zero-order chi connectivity index (χ0) is 15.5. The number of anilines is 2. The Morgan fingerprint density at radius 3 is 2.67 bits per heavy atom. The number of nitrogen functional groups attached to an aromatic ring is 1. The molecular weight excluding hydrogens is 288 g/mol. The molecule has 0 spiro atoms. The van der Waals surface area contributed by atoms with Gasteiger partial charge in [-0.3, -0.25) is 0 Å². The number of rotatable bonds is 6. The van der Waals surface area contributed by atoms with Crippen molar-refractivity contribution in [2.75, 3.05) is 17.3 Å². The minimum atomic E-state index is -3.23. The summed E-state index contributed by atoms with van der Waals surface area (Å²) in [5, 5.41) is 3.29. The summed E-state index contributed by atoms with van der Waals surface area (Å²) in [6, 6.07) is 8.76. The first-order valence-corrected chi connectivity index (χ1v) is 8.64. The Morgan fingerprint density at radius 1 is 1.33 bits per heavy atom. The van der Waals surface area contributed by atoms with E-state index >= 15 is 0 Å². The van der Waals surface area contributed by atoms with Crippen LogP contribution in [0.1, 0.15) is 19.1 Å². The van der Waals surface area contributed by atoms with Gasteiger partial charge < -0.3 is 15.5 Å². The van der Waals surface area contributed by atoms with E-state index in [-0.39, 0.29) is 10.9 Å². The molecule has 0 radical (unpaired) electrons. The van der Waals surface area contributed by atoms with Gasteiger partial charge in [-0.15, -0.1) is 0 Å². The Kier molecular flexibility index (Phi) is 4.57. The summed E-state index contributed by atoms with van der Waals surface area (Å²) in [6.07, 6.45) is 4.56. The summed E-state index contributed by atoms with van der Waals surface area (Å²) in [5.74, 6) is 0.948. The van der Waals surface area contributed by atoms with E-state index in [1.165, 1.54) is 12.3 Å². The van der Waals surface area contributed by atoms with Crippen LogP contribution in [-0.4, -0.2) is 20.7 Å². The van der Waals surface area contributed by atoms with Crippen LogP contribution in [0, 0.1) is 0 Å². The van der Waals surface area contributed by atoms with Crippen LogP contribution in [0.4, 0.5) is 11.4 Å². The van der Waals surface area contributed by atoms with Gasteiger partial charge in [0.05, 0.1) is 22.5 Å². The van der Waals surface area contributed by atoms with E-state index in [0.29, 0.717) is 5.69 Å². The van der Waals surface area contributed by atoms with Crippen molar-refractivity contribution in [3.8, 4) is 0 Å². The first-order valence-electron chi connectivity index (χ1n) is 6.75. The molecule has 6 heteroatoms. The summed E-state index contributed by atoms with van der Waals surface area (Å²) in [7, 11) is -3.23. The zero-order valence-electron chi connectivity index (χ0n) is 12.2. The summed E-state index contributed by atoms with van der Waals surface area (Å²) in [5.41, 5.74) is 7.09. The van der Waals surface area contributed by atoms with Gasteiger partial charge in [0.2, 0.25) is 0 Å². The highest BCUT2D eigenvalue weighted by atomic mass is 32.2. The molecule has 1 atom stereocenters. The number of hydrogen-bond acceptors (Lipinski definition) is 5. The summed E-state index contributed by atoms with van der Waals surface area (Å²) < 4.78 is 28.2. The first kappa shape index (κ1) is 15.4. The Morgan fingerprint density at radius 2 is 2.10 bits per heavy atom. The van der Waals surface area contributed by atoms with Gasteiger partial charge in [-0.1, -0.05) is 0 Å². The Hall–Kier alpha value is -1.95. The van der Waals surface area contributed by atoms with Crippen LogP contribution in [0.5, 0.6) is 0 Å². The van der Waals surface area contributed by atoms with Gasteiger partial charge in [0, 0.05) is 18.7 Å². The van der Waals surface area contributed by atoms with Crippen LogP contribution in [0.25, 0.3) is 0 Å². The lowest BCUT2D eigenvalue weighted by Crippen LogP contribution is -2.17. The minimum absolute atomic E-state index is 0.196. The Labute approximate surface area is 125 Å². The summed E-state index contributed by atoms with van der Waals surface area (Å²) >= 11 is 0. The minimum Gasteiger partial charge on any atom is -0.469 e. The molecule has 2 aromatic rings. The van der Waals surface area contributed by atoms with Crippen LogP contribution in [-0.2, 0) is 16.3 Å². The lowest BCUT2D eigenvalue weighted by Gasteiger charge is -2.16. The predicted molar refractivity (Wildman–Crippen MR) is 84.1 cm³/mol. The van der Waals surface area contributed by atoms with Crippen molar-refractivity contribution in [2.45, 2.75) is 30.7 Å². The van der Waals surface area contributed by atoms with Crippen molar-refractivity contribution in [1.29, 1.82) is 0 Å². The van der Waals surface area contributed by atoms with E-state index in [2.05, 4.69) is 5.32 Å². The van der Waals surface area contributed by atoms with E-state index < -0.39 is 9.84 Å². The molecule has 21 heavy (non-hydrogen) atoms. The second-order valence-electron chi connectivity index (χ2n) is 5.18. The lowest BCUT2D eigenvalue weighted by atomic mass is 10.1. The third kappa shape index (κ3) is 4.26. The van der Waals surface area contributed by atoms with Crippen LogP contribution < -0.4 is 11.1 Å². The van der Waals surface area contributed by atoms with Crippen molar-refractivity contribution in [2.24, 2.45) is 0 Å². The maximum absolute atomic E-state index is 11.5. The smallest absolute Gasteiger partial charge is 0.175 e. The molecule has 0 bridgehead atoms. The van der Waals surface area contributed by atoms with Gasteiger partial charge >= 0.3 is 0 Å². The van der Waals surface area contributed by atoms with Crippen molar-refractivity contribution in [3.05, 3.63) is 42.4 Å². The molecule has 1 aromatic carbocycles. The Bertz CT molecular complexity index is 694. The second kappa shape index (κ2) is 6.22. The lowest BCUT2D eigenvalue weighted by molar-refractivity contribution is 0.495. The van der Waals surface area contributed by atoms with Crippen molar-refractivity contribution < 1.29 is 12.8 Å². The summed E-state index contributed by atoms with van der Waals surface area (Å²) in [4.78, 5) is 0.230. The van der Waals surface area contributed by atoms with Crippen LogP contribution >= 0.6 is 0 Å². The molecule has 2 rings (SSSR count). The molecule has 0 aliphatic heterocycles. The molecule has 1 aromatic heterocycles. The molecule has 0 amide bonds. The van der Waals surface area contributed by atoms with Crippen LogP contribution in [0.15, 0.2) is 45.9 Å². The molecule has 0 saturated carbocycles. The number of hydrogen-bond donors (Lipinski definition) is 2. The van der Waals surface area contributed by atoms with E-state index in [1.807, 2.05) is 19.1 Å². The monoisotopic (exact) mass is 308 g/mol.